The van der Waals surface area contributed by atoms with Gasteiger partial charge in [-0.2, -0.15) is 5.26 Å². The highest BCUT2D eigenvalue weighted by Gasteiger charge is 2.49. The van der Waals surface area contributed by atoms with Gasteiger partial charge in [-0.1, -0.05) is 12.1 Å². The van der Waals surface area contributed by atoms with Crippen molar-refractivity contribution in [2.45, 2.75) is 32.8 Å². The Morgan fingerprint density at radius 3 is 2.79 bits per heavy atom. The van der Waals surface area contributed by atoms with Crippen LogP contribution in [0.4, 0.5) is 10.2 Å². The highest BCUT2D eigenvalue weighted by atomic mass is 19.1. The van der Waals surface area contributed by atoms with E-state index in [2.05, 4.69) is 11.1 Å². The summed E-state index contributed by atoms with van der Waals surface area (Å²) in [6.45, 7) is 4.03. The van der Waals surface area contributed by atoms with E-state index in [1.807, 2.05) is 11.8 Å². The van der Waals surface area contributed by atoms with Crippen LogP contribution in [-0.4, -0.2) is 40.4 Å². The molecule has 146 valence electrons. The second-order valence-corrected chi connectivity index (χ2v) is 7.36. The number of benzene rings is 1. The molecule has 0 radical (unpaired) electrons. The molecule has 1 aliphatic heterocycles. The number of aryl methyl sites for hydroxylation is 2. The van der Waals surface area contributed by atoms with Gasteiger partial charge in [0.15, 0.2) is 0 Å². The summed E-state index contributed by atoms with van der Waals surface area (Å²) in [4.78, 5) is 18.5. The number of piperidine rings is 1. The largest absolute Gasteiger partial charge is 0.481 e. The van der Waals surface area contributed by atoms with Crippen LogP contribution in [0.25, 0.3) is 0 Å². The van der Waals surface area contributed by atoms with Crippen molar-refractivity contribution in [2.75, 3.05) is 18.0 Å². The molecule has 0 amide bonds. The summed E-state index contributed by atoms with van der Waals surface area (Å²) in [7, 11) is 0. The van der Waals surface area contributed by atoms with Crippen LogP contribution in [0.2, 0.25) is 0 Å². The average Bonchev–Trinajstić information content (AvgIpc) is 2.63. The van der Waals surface area contributed by atoms with E-state index in [0.29, 0.717) is 29.2 Å². The number of anilines is 1. The van der Waals surface area contributed by atoms with Crippen LogP contribution in [0, 0.1) is 36.4 Å². The first-order valence-electron chi connectivity index (χ1n) is 9.06. The third-order valence-corrected chi connectivity index (χ3v) is 5.44. The minimum absolute atomic E-state index is 0.00596. The molecule has 2 N–H and O–H groups in total. The number of rotatable bonds is 4. The predicted octanol–water partition coefficient (Wildman–Crippen LogP) is 2.59. The lowest BCUT2D eigenvalue weighted by atomic mass is 9.73. The molecule has 1 aromatic carbocycles. The maximum absolute atomic E-state index is 13.6. The zero-order valence-corrected chi connectivity index (χ0v) is 15.8. The molecule has 2 aromatic rings. The minimum atomic E-state index is -1.48. The van der Waals surface area contributed by atoms with E-state index in [9.17, 15) is 24.7 Å². The molecule has 1 aromatic heterocycles. The monoisotopic (exact) mass is 383 g/mol. The van der Waals surface area contributed by atoms with Crippen molar-refractivity contribution in [3.63, 3.8) is 0 Å². The number of halogens is 1. The van der Waals surface area contributed by atoms with Crippen molar-refractivity contribution >= 4 is 11.8 Å². The maximum atomic E-state index is 13.6. The Kier molecular flexibility index (Phi) is 5.34. The van der Waals surface area contributed by atoms with Crippen LogP contribution in [-0.2, 0) is 11.2 Å². The van der Waals surface area contributed by atoms with Crippen molar-refractivity contribution in [1.29, 1.82) is 5.26 Å². The standard InChI is InChI=1S/C21H22FN3O3/c1-13-8-19(24-14(2)17(13)11-23)25-7-6-18(26)21(12-25,20(27)28)10-15-4-3-5-16(22)9-15/h3-5,8-9,18,26H,6-7,10,12H2,1-2H3,(H,27,28)/t18-,21+/m0/s1. The Hall–Kier alpha value is -2.98. The second-order valence-electron chi connectivity index (χ2n) is 7.36. The molecule has 0 bridgehead atoms. The van der Waals surface area contributed by atoms with E-state index in [1.54, 1.807) is 19.1 Å². The number of nitriles is 1. The van der Waals surface area contributed by atoms with Crippen LogP contribution in [0.3, 0.4) is 0 Å². The second kappa shape index (κ2) is 7.56. The van der Waals surface area contributed by atoms with Gasteiger partial charge in [0.05, 0.1) is 17.4 Å². The smallest absolute Gasteiger partial charge is 0.314 e. The molecular formula is C21H22FN3O3. The number of aliphatic hydroxyl groups is 1. The van der Waals surface area contributed by atoms with Crippen LogP contribution in [0.1, 0.15) is 28.8 Å². The van der Waals surface area contributed by atoms with Crippen LogP contribution < -0.4 is 4.90 Å². The Balaban J connectivity index is 1.98. The number of aromatic nitrogens is 1. The molecule has 7 heteroatoms. The first-order chi connectivity index (χ1) is 13.3. The summed E-state index contributed by atoms with van der Waals surface area (Å²) in [5.74, 6) is -0.998. The van der Waals surface area contributed by atoms with Gasteiger partial charge in [0.25, 0.3) is 0 Å². The topological polar surface area (TPSA) is 97.4 Å². The van der Waals surface area contributed by atoms with Crippen LogP contribution >= 0.6 is 0 Å². The highest BCUT2D eigenvalue weighted by Crippen LogP contribution is 2.36. The number of carboxylic acid groups (broad SMARTS) is 1. The third-order valence-electron chi connectivity index (χ3n) is 5.44. The van der Waals surface area contributed by atoms with Gasteiger partial charge in [0.1, 0.15) is 23.1 Å². The number of aliphatic carboxylic acids is 1. The van der Waals surface area contributed by atoms with Gasteiger partial charge < -0.3 is 15.1 Å². The van der Waals surface area contributed by atoms with Gasteiger partial charge in [-0.15, -0.1) is 0 Å². The highest BCUT2D eigenvalue weighted by molar-refractivity contribution is 5.77. The molecule has 6 nitrogen and oxygen atoms in total. The van der Waals surface area contributed by atoms with Gasteiger partial charge in [0.2, 0.25) is 0 Å². The molecule has 28 heavy (non-hydrogen) atoms. The maximum Gasteiger partial charge on any atom is 0.314 e. The summed E-state index contributed by atoms with van der Waals surface area (Å²) in [5.41, 5.74) is 0.883. The normalized spacial score (nSPS) is 22.0. The van der Waals surface area contributed by atoms with E-state index in [-0.39, 0.29) is 19.4 Å². The number of carbonyl (C=O) groups is 1. The molecule has 1 aliphatic rings. The lowest BCUT2D eigenvalue weighted by molar-refractivity contribution is -0.157. The predicted molar refractivity (Wildman–Crippen MR) is 101 cm³/mol. The van der Waals surface area contributed by atoms with E-state index in [0.717, 1.165) is 5.56 Å². The lowest BCUT2D eigenvalue weighted by Crippen LogP contribution is -2.57. The molecule has 0 spiro atoms. The molecule has 1 saturated heterocycles. The Labute approximate surface area is 162 Å². The van der Waals surface area contributed by atoms with Crippen LogP contribution in [0.5, 0.6) is 0 Å². The molecule has 2 heterocycles. The molecule has 0 aliphatic carbocycles. The quantitative estimate of drug-likeness (QED) is 0.842. The summed E-state index contributed by atoms with van der Waals surface area (Å²) >= 11 is 0. The minimum Gasteiger partial charge on any atom is -0.481 e. The lowest BCUT2D eigenvalue weighted by Gasteiger charge is -2.44. The van der Waals surface area contributed by atoms with E-state index >= 15 is 0 Å². The summed E-state index contributed by atoms with van der Waals surface area (Å²) in [6, 6.07) is 9.67. The Bertz CT molecular complexity index is 933. The van der Waals surface area contributed by atoms with Gasteiger partial charge >= 0.3 is 5.97 Å². The van der Waals surface area contributed by atoms with Gasteiger partial charge in [-0.05, 0) is 56.0 Å². The zero-order chi connectivity index (χ0) is 20.5. The Morgan fingerprint density at radius 1 is 1.43 bits per heavy atom. The number of nitrogens with zero attached hydrogens (tertiary/aromatic N) is 3. The SMILES string of the molecule is Cc1cc(N2CC[C@H](O)[C@](Cc3cccc(F)c3)(C(=O)O)C2)nc(C)c1C#N. The molecule has 3 rings (SSSR count). The van der Waals surface area contributed by atoms with Gasteiger partial charge in [0, 0.05) is 13.1 Å². The zero-order valence-electron chi connectivity index (χ0n) is 15.8. The van der Waals surface area contributed by atoms with E-state index < -0.39 is 23.3 Å². The number of hydrogen-bond acceptors (Lipinski definition) is 5. The van der Waals surface area contributed by atoms with E-state index in [4.69, 9.17) is 0 Å². The summed E-state index contributed by atoms with van der Waals surface area (Å²) in [5, 5.41) is 29.8. The summed E-state index contributed by atoms with van der Waals surface area (Å²) < 4.78 is 13.6. The van der Waals surface area contributed by atoms with Gasteiger partial charge in [-0.3, -0.25) is 4.79 Å². The molecule has 0 saturated carbocycles. The molecular weight excluding hydrogens is 361 g/mol. The molecule has 2 atom stereocenters. The van der Waals surface area contributed by atoms with Gasteiger partial charge in [-0.25, -0.2) is 9.37 Å². The number of pyridine rings is 1. The molecule has 1 fully saturated rings. The Morgan fingerprint density at radius 2 is 2.18 bits per heavy atom. The first-order valence-corrected chi connectivity index (χ1v) is 9.06. The summed E-state index contributed by atoms with van der Waals surface area (Å²) in [6.07, 6.45) is -0.807. The molecule has 0 unspecified atom stereocenters. The fourth-order valence-electron chi connectivity index (χ4n) is 3.89. The fraction of sp³-hybridized carbons (Fsp3) is 0.381. The third kappa shape index (κ3) is 3.56. The number of hydrogen-bond donors (Lipinski definition) is 2. The fourth-order valence-corrected chi connectivity index (χ4v) is 3.89. The van der Waals surface area contributed by atoms with Crippen molar-refractivity contribution in [2.24, 2.45) is 5.41 Å². The van der Waals surface area contributed by atoms with Crippen molar-refractivity contribution in [1.82, 2.24) is 4.98 Å². The van der Waals surface area contributed by atoms with Crippen molar-refractivity contribution in [3.8, 4) is 6.07 Å². The average molecular weight is 383 g/mol. The van der Waals surface area contributed by atoms with Crippen LogP contribution in [0.15, 0.2) is 30.3 Å². The number of aliphatic hydroxyl groups excluding tert-OH is 1. The van der Waals surface area contributed by atoms with Crippen molar-refractivity contribution in [3.05, 3.63) is 58.5 Å². The van der Waals surface area contributed by atoms with E-state index in [1.165, 1.54) is 18.2 Å². The van der Waals surface area contributed by atoms with Crippen molar-refractivity contribution < 1.29 is 19.4 Å². The first kappa shape index (κ1) is 19.8. The number of carboxylic acids is 1.